The van der Waals surface area contributed by atoms with Crippen LogP contribution in [0.3, 0.4) is 0 Å². The minimum atomic E-state index is -1.14. The van der Waals surface area contributed by atoms with E-state index in [0.29, 0.717) is 102 Å². The van der Waals surface area contributed by atoms with Gasteiger partial charge in [0, 0.05) is 61.2 Å². The molecule has 1 unspecified atom stereocenters. The van der Waals surface area contributed by atoms with Crippen LogP contribution in [0.4, 0.5) is 0 Å². The second-order valence-electron chi connectivity index (χ2n) is 27.3. The predicted octanol–water partition coefficient (Wildman–Crippen LogP) is 11.6. The number of nitrogens with two attached hydrogens (primary N) is 1. The molecule has 18 atom stereocenters. The molecule has 1 aromatic rings. The number of benzene rings is 1. The van der Waals surface area contributed by atoms with Crippen molar-refractivity contribution in [3.05, 3.63) is 93.1 Å². The Morgan fingerprint density at radius 1 is 0.845 bits per heavy atom. The van der Waals surface area contributed by atoms with Crippen LogP contribution in [0.1, 0.15) is 163 Å². The van der Waals surface area contributed by atoms with E-state index in [4.69, 9.17) is 15.2 Å². The van der Waals surface area contributed by atoms with E-state index in [0.717, 1.165) is 56.4 Å². The van der Waals surface area contributed by atoms with Gasteiger partial charge in [0.05, 0.1) is 11.0 Å². The highest BCUT2D eigenvalue weighted by Crippen LogP contribution is 2.88. The van der Waals surface area contributed by atoms with E-state index in [1.54, 1.807) is 16.8 Å². The Kier molecular flexibility index (Phi) is 9.40. The standard InChI is InChI=1S/C63H79N3O5/c1-35-24-42-17-19-49-44-26-37-32-65(34-44)50(43-25-36-14-18-45-12-6-21-60(45,30-36)31-43)29-51(67)57-61-22-20-46-54(56(42)66(49)33-37)47(35)27-41-16-15-40(38-8-3-2-4-9-38)28-52(62(61,55(41)46)59(69)70-57)63(61)48-13-5-10-39(11-7-23-64)53(48)58(68)71-63/h5,10,13-16,18,35-38,40-41,43-45,47,49-50,52,54,67H,2-4,6-9,11-12,17,19-34,64H2,1H3/b16-15-,57-51+/t35-,36+,37+,40-,41-,43-,44-,45-,47-,49+,50+,52+,54+,60+,61-,62-,63-/m1/s1. The molecule has 8 nitrogen and oxygen atoms in total. The van der Waals surface area contributed by atoms with Crippen molar-refractivity contribution in [3.63, 3.8) is 0 Å². The number of hydrogen-bond acceptors (Lipinski definition) is 8. The lowest BCUT2D eigenvalue weighted by Crippen LogP contribution is -2.78. The van der Waals surface area contributed by atoms with Gasteiger partial charge >= 0.3 is 11.9 Å². The highest BCUT2D eigenvalue weighted by molar-refractivity contribution is 6.00. The molecule has 14 bridgehead atoms. The summed E-state index contributed by atoms with van der Waals surface area (Å²) in [6, 6.07) is 7.15. The Morgan fingerprint density at radius 3 is 2.63 bits per heavy atom. The number of aliphatic hydroxyl groups is 1. The summed E-state index contributed by atoms with van der Waals surface area (Å²) in [7, 11) is 0. The third kappa shape index (κ3) is 5.42. The number of fused-ring (bicyclic) bond motifs is 4. The van der Waals surface area contributed by atoms with Crippen LogP contribution in [-0.2, 0) is 26.3 Å². The Labute approximate surface area is 422 Å². The molecule has 3 saturated heterocycles. The summed E-state index contributed by atoms with van der Waals surface area (Å²) in [5, 5.41) is 13.8. The van der Waals surface area contributed by atoms with Crippen molar-refractivity contribution in [2.45, 2.75) is 166 Å². The zero-order chi connectivity index (χ0) is 47.3. The van der Waals surface area contributed by atoms with Crippen LogP contribution in [0.2, 0.25) is 0 Å². The van der Waals surface area contributed by atoms with Crippen LogP contribution in [0.15, 0.2) is 76.4 Å². The molecule has 19 rings (SSSR count). The van der Waals surface area contributed by atoms with E-state index in [1.165, 1.54) is 102 Å². The first kappa shape index (κ1) is 43.7. The number of piperidine rings is 2. The van der Waals surface area contributed by atoms with Crippen LogP contribution < -0.4 is 5.73 Å². The smallest absolute Gasteiger partial charge is 0.339 e. The van der Waals surface area contributed by atoms with E-state index in [-0.39, 0.29) is 41.5 Å². The van der Waals surface area contributed by atoms with Crippen molar-refractivity contribution in [1.29, 1.82) is 0 Å². The fraction of sp³-hybridized carbons (Fsp3) is 0.714. The van der Waals surface area contributed by atoms with Crippen LogP contribution >= 0.6 is 0 Å². The van der Waals surface area contributed by atoms with Crippen LogP contribution in [0.25, 0.3) is 0 Å². The molecule has 0 amide bonds. The number of allylic oxidation sites excluding steroid dienone is 6. The summed E-state index contributed by atoms with van der Waals surface area (Å²) in [6.45, 7) is 6.43. The lowest BCUT2D eigenvalue weighted by atomic mass is 9.27. The van der Waals surface area contributed by atoms with Gasteiger partial charge in [-0.3, -0.25) is 9.69 Å². The van der Waals surface area contributed by atoms with E-state index in [1.807, 2.05) is 0 Å². The van der Waals surface area contributed by atoms with Crippen LogP contribution in [0.5, 0.6) is 0 Å². The second-order valence-corrected chi connectivity index (χ2v) is 27.3. The zero-order valence-electron chi connectivity index (χ0n) is 42.6. The quantitative estimate of drug-likeness (QED) is 0.222. The molecule has 4 spiro atoms. The number of hydrogen-bond donors (Lipinski definition) is 2. The number of rotatable bonds is 5. The Balaban J connectivity index is 0.963. The van der Waals surface area contributed by atoms with Crippen LogP contribution in [-0.4, -0.2) is 65.1 Å². The van der Waals surface area contributed by atoms with Gasteiger partial charge in [-0.15, -0.1) is 0 Å². The van der Waals surface area contributed by atoms with E-state index in [2.05, 4.69) is 59.2 Å². The number of nitrogens with zero attached hydrogens (tertiary/aromatic N) is 2. The molecular weight excluding hydrogens is 879 g/mol. The summed E-state index contributed by atoms with van der Waals surface area (Å²) >= 11 is 0. The molecule has 8 heteroatoms. The first-order valence-electron chi connectivity index (χ1n) is 29.7. The number of ether oxygens (including phenoxy) is 2. The van der Waals surface area contributed by atoms with Crippen molar-refractivity contribution in [2.75, 3.05) is 26.2 Å². The van der Waals surface area contributed by atoms with E-state index >= 15 is 9.59 Å². The van der Waals surface area contributed by atoms with Gasteiger partial charge in [0.25, 0.3) is 0 Å². The molecule has 3 N–H and O–H groups in total. The SMILES string of the molecule is C[C@@H]1CC2=C3[C@H]4C5=C6[C@H](/C=C\[C@@H](C7CCCCC7)C[C@H]7[C@]68C(=O)O/C(=C(/O)C[C@@H]([C@@H]6C[C@@H]9C=C[C@H]%10CCC[C@]%10(C9)C6)N6C[C@@H]9C[C@H](C6)[C@H](CC2)N3C9)[C@@]8(CC5)[C@]72OC(=O)c3c(CCCN)cccc32)C[C@@H]41. The molecule has 376 valence electrons. The van der Waals surface area contributed by atoms with Gasteiger partial charge in [-0.25, -0.2) is 4.79 Å². The lowest BCUT2D eigenvalue weighted by Gasteiger charge is -2.73. The average Bonchev–Trinajstić information content (AvgIpc) is 4.11. The summed E-state index contributed by atoms with van der Waals surface area (Å²) in [5.41, 5.74) is 12.3. The normalized spacial score (nSPS) is 49.8. The van der Waals surface area contributed by atoms with Gasteiger partial charge in [0.1, 0.15) is 11.2 Å². The number of carbonyl (C=O) groups excluding carboxylic acids is 2. The Bertz CT molecular complexity index is 2670. The second kappa shape index (κ2) is 15.3. The van der Waals surface area contributed by atoms with Gasteiger partial charge in [0.15, 0.2) is 11.4 Å². The van der Waals surface area contributed by atoms with Gasteiger partial charge in [-0.05, 0) is 191 Å². The minimum Gasteiger partial charge on any atom is -0.509 e. The number of carbonyl (C=O) groups is 2. The summed E-state index contributed by atoms with van der Waals surface area (Å²) in [5.74, 6) is 5.26. The van der Waals surface area contributed by atoms with Gasteiger partial charge in [-0.1, -0.05) is 86.3 Å². The van der Waals surface area contributed by atoms with Gasteiger partial charge in [-0.2, -0.15) is 0 Å². The number of esters is 2. The largest absolute Gasteiger partial charge is 0.509 e. The summed E-state index contributed by atoms with van der Waals surface area (Å²) in [6.07, 6.45) is 34.6. The maximum Gasteiger partial charge on any atom is 0.339 e. The molecule has 0 radical (unpaired) electrons. The first-order chi connectivity index (χ1) is 34.7. The molecule has 71 heavy (non-hydrogen) atoms. The van der Waals surface area contributed by atoms with Crippen molar-refractivity contribution in [2.24, 2.45) is 93.0 Å². The third-order valence-corrected chi connectivity index (χ3v) is 24.7. The lowest BCUT2D eigenvalue weighted by molar-refractivity contribution is -0.282. The maximum absolute atomic E-state index is 16.5. The van der Waals surface area contributed by atoms with Gasteiger partial charge in [0.2, 0.25) is 0 Å². The van der Waals surface area contributed by atoms with Crippen molar-refractivity contribution in [3.8, 4) is 0 Å². The fourth-order valence-electron chi connectivity index (χ4n) is 22.6. The molecule has 9 aliphatic carbocycles. The fourth-order valence-corrected chi connectivity index (χ4v) is 22.6. The zero-order valence-corrected chi connectivity index (χ0v) is 42.6. The van der Waals surface area contributed by atoms with Crippen molar-refractivity contribution < 1.29 is 24.2 Å². The summed E-state index contributed by atoms with van der Waals surface area (Å²) < 4.78 is 14.7. The van der Waals surface area contributed by atoms with Crippen LogP contribution in [0, 0.1) is 87.3 Å². The Hall–Kier alpha value is -3.62. The molecule has 1 aromatic carbocycles. The number of aryl methyl sites for hydroxylation is 1. The van der Waals surface area contributed by atoms with Crippen molar-refractivity contribution >= 4 is 11.9 Å². The Morgan fingerprint density at radius 2 is 1.75 bits per heavy atom. The van der Waals surface area contributed by atoms with Crippen molar-refractivity contribution in [1.82, 2.24) is 9.80 Å². The third-order valence-electron chi connectivity index (χ3n) is 24.7. The topological polar surface area (TPSA) is 105 Å². The molecule has 18 aliphatic rings. The minimum absolute atomic E-state index is 0.104. The average molecular weight is 958 g/mol. The van der Waals surface area contributed by atoms with E-state index in [9.17, 15) is 5.11 Å². The molecule has 7 fully saturated rings. The number of aliphatic hydroxyl groups excluding tert-OH is 1. The molecular formula is C63H79N3O5. The molecule has 9 heterocycles. The highest BCUT2D eigenvalue weighted by atomic mass is 16.6. The monoisotopic (exact) mass is 958 g/mol. The molecule has 9 aliphatic heterocycles. The summed E-state index contributed by atoms with van der Waals surface area (Å²) in [4.78, 5) is 37.8. The van der Waals surface area contributed by atoms with Gasteiger partial charge < -0.3 is 25.2 Å². The molecule has 0 aromatic heterocycles. The first-order valence-corrected chi connectivity index (χ1v) is 29.7. The molecule has 4 saturated carbocycles. The maximum atomic E-state index is 16.5. The highest BCUT2D eigenvalue weighted by Gasteiger charge is 2.94. The predicted molar refractivity (Wildman–Crippen MR) is 272 cm³/mol. The van der Waals surface area contributed by atoms with E-state index < -0.39 is 16.4 Å².